The lowest BCUT2D eigenvalue weighted by Gasteiger charge is -2.16. The Hall–Kier alpha value is -2.80. The topological polar surface area (TPSA) is 133 Å². The first-order valence-corrected chi connectivity index (χ1v) is 8.06. The van der Waals surface area contributed by atoms with Crippen molar-refractivity contribution < 1.29 is 4.79 Å². The molecule has 2 aromatic rings. The third-order valence-corrected chi connectivity index (χ3v) is 3.94. The molecular weight excluding hydrogens is 316 g/mol. The van der Waals surface area contributed by atoms with Crippen molar-refractivity contribution in [2.75, 3.05) is 18.8 Å². The van der Waals surface area contributed by atoms with E-state index in [-0.39, 0.29) is 12.1 Å². The highest BCUT2D eigenvalue weighted by Gasteiger charge is 2.09. The van der Waals surface area contributed by atoms with Gasteiger partial charge in [0.15, 0.2) is 0 Å². The number of anilines is 1. The summed E-state index contributed by atoms with van der Waals surface area (Å²) in [6.07, 6.45) is 2.80. The molecule has 0 spiro atoms. The highest BCUT2D eigenvalue weighted by molar-refractivity contribution is 5.91. The maximum atomic E-state index is 10.1. The van der Waals surface area contributed by atoms with Gasteiger partial charge in [0, 0.05) is 24.0 Å². The van der Waals surface area contributed by atoms with E-state index in [0.29, 0.717) is 5.57 Å². The molecule has 0 saturated carbocycles. The van der Waals surface area contributed by atoms with E-state index < -0.39 is 0 Å². The number of fused-ring (bicyclic) bond motifs is 1. The van der Waals surface area contributed by atoms with Gasteiger partial charge in [0.25, 0.3) is 0 Å². The lowest BCUT2D eigenvalue weighted by molar-refractivity contribution is -0.114. The zero-order valence-electron chi connectivity index (χ0n) is 15.0. The molecule has 7 nitrogen and oxygen atoms in total. The molecule has 1 aliphatic rings. The molecule has 0 fully saturated rings. The van der Waals surface area contributed by atoms with Gasteiger partial charge in [-0.25, -0.2) is 0 Å². The van der Waals surface area contributed by atoms with Crippen LogP contribution in [-0.4, -0.2) is 29.4 Å². The Kier molecular flexibility index (Phi) is 7.68. The molecular formula is C18H28N6O. The van der Waals surface area contributed by atoms with E-state index in [9.17, 15) is 4.79 Å². The molecule has 0 bridgehead atoms. The Labute approximate surface area is 148 Å². The zero-order valence-corrected chi connectivity index (χ0v) is 15.0. The van der Waals surface area contributed by atoms with Crippen molar-refractivity contribution in [2.45, 2.75) is 26.8 Å². The van der Waals surface area contributed by atoms with Crippen LogP contribution in [0.15, 0.2) is 47.0 Å². The van der Waals surface area contributed by atoms with Gasteiger partial charge in [-0.3, -0.25) is 9.79 Å². The predicted octanol–water partition coefficient (Wildman–Crippen LogP) is 2.22. The number of hydrogen-bond acceptors (Lipinski definition) is 5. The Morgan fingerprint density at radius 3 is 2.68 bits per heavy atom. The number of para-hydroxylation sites is 1. The molecule has 1 amide bonds. The zero-order chi connectivity index (χ0) is 17.5. The molecule has 3 rings (SSSR count). The van der Waals surface area contributed by atoms with Crippen LogP contribution in [0.3, 0.4) is 0 Å². The quantitative estimate of drug-likeness (QED) is 0.635. The highest BCUT2D eigenvalue weighted by atomic mass is 16.1. The number of aromatic nitrogens is 1. The second-order valence-electron chi connectivity index (χ2n) is 5.66. The van der Waals surface area contributed by atoms with Crippen molar-refractivity contribution in [3.8, 4) is 0 Å². The van der Waals surface area contributed by atoms with Crippen molar-refractivity contribution >= 4 is 28.5 Å². The van der Waals surface area contributed by atoms with Crippen molar-refractivity contribution in [2.24, 2.45) is 10.7 Å². The first-order valence-electron chi connectivity index (χ1n) is 8.06. The number of benzene rings is 1. The minimum absolute atomic E-state index is 0. The molecule has 8 N–H and O–H groups in total. The van der Waals surface area contributed by atoms with Gasteiger partial charge in [-0.1, -0.05) is 24.3 Å². The maximum absolute atomic E-state index is 10.1. The molecule has 1 aliphatic heterocycles. The Morgan fingerprint density at radius 2 is 2.12 bits per heavy atom. The fourth-order valence-corrected chi connectivity index (χ4v) is 2.39. The summed E-state index contributed by atoms with van der Waals surface area (Å²) in [4.78, 5) is 14.6. The summed E-state index contributed by atoms with van der Waals surface area (Å²) >= 11 is 0. The van der Waals surface area contributed by atoms with Gasteiger partial charge in [-0.15, -0.1) is 0 Å². The Morgan fingerprint density at radius 1 is 1.40 bits per heavy atom. The van der Waals surface area contributed by atoms with Crippen molar-refractivity contribution in [3.05, 3.63) is 42.0 Å². The molecule has 1 aromatic carbocycles. The van der Waals surface area contributed by atoms with Crippen molar-refractivity contribution in [1.29, 1.82) is 0 Å². The molecule has 0 unspecified atom stereocenters. The van der Waals surface area contributed by atoms with Gasteiger partial charge in [0.1, 0.15) is 11.7 Å². The van der Waals surface area contributed by atoms with E-state index in [2.05, 4.69) is 27.0 Å². The molecule has 0 radical (unpaired) electrons. The number of nitrogens with two attached hydrogens (primary N) is 2. The van der Waals surface area contributed by atoms with E-state index in [4.69, 9.17) is 11.5 Å². The number of carbonyl (C=O) groups is 1. The summed E-state index contributed by atoms with van der Waals surface area (Å²) in [5.41, 5.74) is 12.7. The van der Waals surface area contributed by atoms with Crippen molar-refractivity contribution in [1.82, 2.24) is 16.0 Å². The first-order chi connectivity index (χ1) is 11.5. The number of hydrogen-bond donors (Lipinski definition) is 4. The lowest BCUT2D eigenvalue weighted by Crippen LogP contribution is -2.33. The average molecular weight is 344 g/mol. The third kappa shape index (κ3) is 5.36. The largest absolute Gasteiger partial charge is 0.385 e. The number of aliphatic imine (C=N–C) groups is 1. The second kappa shape index (κ2) is 9.48. The maximum Gasteiger partial charge on any atom is 0.243 e. The smallest absolute Gasteiger partial charge is 0.243 e. The lowest BCUT2D eigenvalue weighted by atomic mass is 10.2. The van der Waals surface area contributed by atoms with Crippen LogP contribution in [-0.2, 0) is 11.3 Å². The van der Waals surface area contributed by atoms with Gasteiger partial charge in [-0.2, -0.15) is 0 Å². The molecule has 1 aromatic heterocycles. The summed E-state index contributed by atoms with van der Waals surface area (Å²) in [5, 5.41) is 4.50. The Bertz CT molecular complexity index is 775. The van der Waals surface area contributed by atoms with Gasteiger partial charge >= 0.3 is 0 Å². The van der Waals surface area contributed by atoms with Crippen LogP contribution in [0.4, 0.5) is 5.82 Å². The van der Waals surface area contributed by atoms with Crippen LogP contribution in [0.1, 0.15) is 20.3 Å². The van der Waals surface area contributed by atoms with Crippen LogP contribution in [0, 0.1) is 0 Å². The fourth-order valence-electron chi connectivity index (χ4n) is 2.39. The summed E-state index contributed by atoms with van der Waals surface area (Å²) in [7, 11) is 0. The van der Waals surface area contributed by atoms with Crippen LogP contribution in [0.2, 0.25) is 0 Å². The standard InChI is InChI=1S/C13H16N4.C5H9NO.H3N/c14-12-8-10-4-1-2-5-11(10)17(12)9-13-15-6-3-7-16-13;1-3-4(2)5(6)7;/h1-2,4-5,8H,3,6-7,9,14H2,(H,15,16);3H,1-2H3,(H2,6,7);1H3/b;4-3+;. The Balaban J connectivity index is 0.000000339. The first kappa shape index (κ1) is 20.2. The van der Waals surface area contributed by atoms with Crippen LogP contribution in [0.5, 0.6) is 0 Å². The van der Waals surface area contributed by atoms with Gasteiger partial charge in [0.05, 0.1) is 12.1 Å². The minimum atomic E-state index is -0.345. The van der Waals surface area contributed by atoms with Crippen molar-refractivity contribution in [3.63, 3.8) is 0 Å². The summed E-state index contributed by atoms with van der Waals surface area (Å²) < 4.78 is 2.10. The van der Waals surface area contributed by atoms with Gasteiger partial charge in [-0.05, 0) is 32.4 Å². The highest BCUT2D eigenvalue weighted by Crippen LogP contribution is 2.21. The van der Waals surface area contributed by atoms with E-state index >= 15 is 0 Å². The summed E-state index contributed by atoms with van der Waals surface area (Å²) in [5.74, 6) is 1.48. The molecule has 0 aliphatic carbocycles. The number of amidine groups is 1. The number of nitrogens with zero attached hydrogens (tertiary/aromatic N) is 2. The molecule has 136 valence electrons. The van der Waals surface area contributed by atoms with E-state index in [0.717, 1.165) is 37.7 Å². The van der Waals surface area contributed by atoms with Crippen LogP contribution >= 0.6 is 0 Å². The number of primary amides is 1. The number of nitrogen functional groups attached to an aromatic ring is 1. The number of nitrogens with one attached hydrogen (secondary N) is 1. The minimum Gasteiger partial charge on any atom is -0.385 e. The average Bonchev–Trinajstić information content (AvgIpc) is 2.91. The molecule has 25 heavy (non-hydrogen) atoms. The second-order valence-corrected chi connectivity index (χ2v) is 5.66. The molecule has 0 atom stereocenters. The fraction of sp³-hybridized carbons (Fsp3) is 0.333. The van der Waals surface area contributed by atoms with Gasteiger partial charge < -0.3 is 27.5 Å². The SMILES string of the molecule is C/C=C(\C)C(N)=O.N.Nc1cc2ccccc2n1CC1=NCCCN1. The van der Waals surface area contributed by atoms with Gasteiger partial charge in [0.2, 0.25) is 5.91 Å². The predicted molar refractivity (Wildman–Crippen MR) is 105 cm³/mol. The summed E-state index contributed by atoms with van der Waals surface area (Å²) in [6, 6.07) is 10.3. The normalized spacial score (nSPS) is 13.8. The van der Waals surface area contributed by atoms with E-state index in [1.807, 2.05) is 18.2 Å². The summed E-state index contributed by atoms with van der Waals surface area (Å²) in [6.45, 7) is 6.13. The number of amides is 1. The number of rotatable bonds is 3. The van der Waals surface area contributed by atoms with E-state index in [1.54, 1.807) is 19.9 Å². The molecule has 2 heterocycles. The number of allylic oxidation sites excluding steroid dienone is 1. The van der Waals surface area contributed by atoms with E-state index in [1.165, 1.54) is 10.9 Å². The molecule has 0 saturated heterocycles. The van der Waals surface area contributed by atoms with Crippen LogP contribution in [0.25, 0.3) is 10.9 Å². The molecule has 7 heteroatoms. The number of carbonyl (C=O) groups excluding carboxylic acids is 1. The third-order valence-electron chi connectivity index (χ3n) is 3.94. The van der Waals surface area contributed by atoms with Crippen LogP contribution < -0.4 is 22.9 Å². The monoisotopic (exact) mass is 344 g/mol.